The molecule has 2 rings (SSSR count). The minimum Gasteiger partial charge on any atom is -0.473 e. The van der Waals surface area contributed by atoms with Crippen LogP contribution in [0.1, 0.15) is 27.2 Å². The fraction of sp³-hybridized carbons (Fsp3) is 0.692. The molecule has 2 atom stereocenters. The largest absolute Gasteiger partial charge is 0.473 e. The Bertz CT molecular complexity index is 419. The van der Waals surface area contributed by atoms with Gasteiger partial charge < -0.3 is 20.5 Å². The molecular weight excluding hydrogens is 244 g/mol. The lowest BCUT2D eigenvalue weighted by atomic mass is 10.0. The number of nitrogen functional groups attached to an aromatic ring is 1. The monoisotopic (exact) mass is 266 g/mol. The van der Waals surface area contributed by atoms with Gasteiger partial charge in [-0.05, 0) is 27.2 Å². The van der Waals surface area contributed by atoms with Crippen LogP contribution in [0.5, 0.6) is 5.88 Å². The zero-order chi connectivity index (χ0) is 13.8. The van der Waals surface area contributed by atoms with Gasteiger partial charge in [-0.2, -0.15) is 4.98 Å². The van der Waals surface area contributed by atoms with Gasteiger partial charge in [0.2, 0.25) is 5.88 Å². The Labute approximate surface area is 113 Å². The molecule has 1 fully saturated rings. The highest BCUT2D eigenvalue weighted by Crippen LogP contribution is 2.27. The van der Waals surface area contributed by atoms with Gasteiger partial charge in [0, 0.05) is 18.6 Å². The molecule has 2 heterocycles. The summed E-state index contributed by atoms with van der Waals surface area (Å²) in [5.74, 6) is 1.55. The summed E-state index contributed by atoms with van der Waals surface area (Å²) >= 11 is 0. The highest BCUT2D eigenvalue weighted by atomic mass is 16.5. The summed E-state index contributed by atoms with van der Waals surface area (Å²) in [6.45, 7) is 7.61. The lowest BCUT2D eigenvalue weighted by Gasteiger charge is -2.21. The van der Waals surface area contributed by atoms with E-state index in [0.29, 0.717) is 23.3 Å². The molecule has 1 aromatic heterocycles. The number of nitrogens with two attached hydrogens (primary N) is 1. The van der Waals surface area contributed by atoms with Crippen molar-refractivity contribution >= 4 is 11.5 Å². The van der Waals surface area contributed by atoms with Gasteiger partial charge in [-0.3, -0.25) is 0 Å². The van der Waals surface area contributed by atoms with Crippen molar-refractivity contribution in [3.8, 4) is 5.88 Å². The second-order valence-corrected chi connectivity index (χ2v) is 5.16. The Morgan fingerprint density at radius 2 is 2.21 bits per heavy atom. The van der Waals surface area contributed by atoms with Gasteiger partial charge in [0.05, 0.1) is 12.7 Å². The van der Waals surface area contributed by atoms with E-state index >= 15 is 0 Å². The lowest BCUT2D eigenvalue weighted by molar-refractivity contribution is 0.183. The molecule has 106 valence electrons. The molecule has 1 saturated heterocycles. The average molecular weight is 266 g/mol. The summed E-state index contributed by atoms with van der Waals surface area (Å²) in [6.07, 6.45) is 2.56. The molecule has 1 aliphatic heterocycles. The van der Waals surface area contributed by atoms with E-state index in [9.17, 15) is 0 Å². The maximum Gasteiger partial charge on any atom is 0.242 e. The van der Waals surface area contributed by atoms with Gasteiger partial charge >= 0.3 is 0 Å². The third-order valence-electron chi connectivity index (χ3n) is 3.23. The molecule has 1 aromatic rings. The summed E-state index contributed by atoms with van der Waals surface area (Å²) in [5.41, 5.74) is 6.49. The molecule has 6 nitrogen and oxygen atoms in total. The number of hydrogen-bond donors (Lipinski definition) is 2. The first-order valence-corrected chi connectivity index (χ1v) is 6.69. The Morgan fingerprint density at radius 1 is 1.42 bits per heavy atom. The molecule has 0 bridgehead atoms. The molecule has 0 aromatic carbocycles. The predicted octanol–water partition coefficient (Wildman–Crippen LogP) is 1.68. The molecule has 0 aliphatic carbocycles. The van der Waals surface area contributed by atoms with E-state index in [1.165, 1.54) is 6.33 Å². The van der Waals surface area contributed by atoms with Crippen molar-refractivity contribution in [2.24, 2.45) is 5.92 Å². The van der Waals surface area contributed by atoms with Gasteiger partial charge in [0.1, 0.15) is 12.0 Å². The third kappa shape index (κ3) is 3.47. The number of nitrogens with one attached hydrogen (secondary N) is 1. The van der Waals surface area contributed by atoms with Gasteiger partial charge in [0.15, 0.2) is 5.82 Å². The standard InChI is InChI=1S/C13H22N4O2/c1-8(2)19-13-11(14)12(15-7-16-13)17-9(3)10-4-5-18-6-10/h7-10H,4-6,14H2,1-3H3,(H,15,16,17). The van der Waals surface area contributed by atoms with E-state index in [-0.39, 0.29) is 12.1 Å². The van der Waals surface area contributed by atoms with Crippen molar-refractivity contribution in [2.75, 3.05) is 24.3 Å². The summed E-state index contributed by atoms with van der Waals surface area (Å²) < 4.78 is 10.9. The van der Waals surface area contributed by atoms with E-state index in [1.807, 2.05) is 13.8 Å². The molecule has 6 heteroatoms. The second kappa shape index (κ2) is 6.06. The maximum atomic E-state index is 6.03. The molecular formula is C13H22N4O2. The lowest BCUT2D eigenvalue weighted by Crippen LogP contribution is -2.27. The van der Waals surface area contributed by atoms with Crippen LogP contribution >= 0.6 is 0 Å². The van der Waals surface area contributed by atoms with Crippen molar-refractivity contribution in [3.63, 3.8) is 0 Å². The van der Waals surface area contributed by atoms with E-state index in [4.69, 9.17) is 15.2 Å². The molecule has 19 heavy (non-hydrogen) atoms. The number of nitrogens with zero attached hydrogens (tertiary/aromatic N) is 2. The van der Waals surface area contributed by atoms with E-state index in [2.05, 4.69) is 22.2 Å². The Morgan fingerprint density at radius 3 is 2.84 bits per heavy atom. The Kier molecular flexibility index (Phi) is 4.42. The summed E-state index contributed by atoms with van der Waals surface area (Å²) in [4.78, 5) is 8.25. The SMILES string of the molecule is CC(C)Oc1ncnc(NC(C)C2CCOC2)c1N. The molecule has 1 aliphatic rings. The highest BCUT2D eigenvalue weighted by molar-refractivity contribution is 5.66. The summed E-state index contributed by atoms with van der Waals surface area (Å²) in [5, 5.41) is 3.33. The van der Waals surface area contributed by atoms with Crippen molar-refractivity contribution in [2.45, 2.75) is 39.3 Å². The molecule has 0 amide bonds. The van der Waals surface area contributed by atoms with Crippen LogP contribution in [-0.4, -0.2) is 35.3 Å². The molecule has 0 spiro atoms. The predicted molar refractivity (Wildman–Crippen MR) is 74.2 cm³/mol. The fourth-order valence-electron chi connectivity index (χ4n) is 2.09. The first-order valence-electron chi connectivity index (χ1n) is 6.69. The minimum absolute atomic E-state index is 0.0331. The summed E-state index contributed by atoms with van der Waals surface area (Å²) in [7, 11) is 0. The zero-order valence-corrected chi connectivity index (χ0v) is 11.7. The van der Waals surface area contributed by atoms with Crippen LogP contribution in [0.25, 0.3) is 0 Å². The number of ether oxygens (including phenoxy) is 2. The van der Waals surface area contributed by atoms with Crippen molar-refractivity contribution < 1.29 is 9.47 Å². The third-order valence-corrected chi connectivity index (χ3v) is 3.23. The van der Waals surface area contributed by atoms with Crippen molar-refractivity contribution in [3.05, 3.63) is 6.33 Å². The van der Waals surface area contributed by atoms with Crippen molar-refractivity contribution in [1.29, 1.82) is 0 Å². The fourth-order valence-corrected chi connectivity index (χ4v) is 2.09. The van der Waals surface area contributed by atoms with Crippen LogP contribution in [-0.2, 0) is 4.74 Å². The van der Waals surface area contributed by atoms with Crippen LogP contribution in [0.3, 0.4) is 0 Å². The zero-order valence-electron chi connectivity index (χ0n) is 11.7. The first-order chi connectivity index (χ1) is 9.08. The number of anilines is 2. The Hall–Kier alpha value is -1.56. The summed E-state index contributed by atoms with van der Waals surface area (Å²) in [6, 6.07) is 0.256. The van der Waals surface area contributed by atoms with Crippen LogP contribution in [0, 0.1) is 5.92 Å². The topological polar surface area (TPSA) is 82.3 Å². The number of rotatable bonds is 5. The molecule has 0 saturated carbocycles. The molecule has 0 radical (unpaired) electrons. The van der Waals surface area contributed by atoms with Gasteiger partial charge in [0.25, 0.3) is 0 Å². The van der Waals surface area contributed by atoms with Gasteiger partial charge in [-0.15, -0.1) is 0 Å². The normalized spacial score (nSPS) is 20.5. The van der Waals surface area contributed by atoms with E-state index in [0.717, 1.165) is 19.6 Å². The van der Waals surface area contributed by atoms with Crippen LogP contribution < -0.4 is 15.8 Å². The van der Waals surface area contributed by atoms with Crippen molar-refractivity contribution in [1.82, 2.24) is 9.97 Å². The molecule has 2 unspecified atom stereocenters. The number of aromatic nitrogens is 2. The highest BCUT2D eigenvalue weighted by Gasteiger charge is 2.23. The number of hydrogen-bond acceptors (Lipinski definition) is 6. The minimum atomic E-state index is 0.0331. The smallest absolute Gasteiger partial charge is 0.242 e. The molecule has 3 N–H and O–H groups in total. The maximum absolute atomic E-state index is 6.03. The van der Waals surface area contributed by atoms with E-state index in [1.54, 1.807) is 0 Å². The van der Waals surface area contributed by atoms with E-state index < -0.39 is 0 Å². The second-order valence-electron chi connectivity index (χ2n) is 5.16. The quantitative estimate of drug-likeness (QED) is 0.844. The van der Waals surface area contributed by atoms with Crippen LogP contribution in [0.4, 0.5) is 11.5 Å². The van der Waals surface area contributed by atoms with Crippen LogP contribution in [0.15, 0.2) is 6.33 Å². The Balaban J connectivity index is 2.07. The van der Waals surface area contributed by atoms with Crippen LogP contribution in [0.2, 0.25) is 0 Å². The van der Waals surface area contributed by atoms with Gasteiger partial charge in [-0.25, -0.2) is 4.98 Å². The first kappa shape index (κ1) is 13.9. The average Bonchev–Trinajstić information content (AvgIpc) is 2.87. The van der Waals surface area contributed by atoms with Gasteiger partial charge in [-0.1, -0.05) is 0 Å².